The van der Waals surface area contributed by atoms with E-state index in [1.165, 1.54) is 0 Å². The lowest BCUT2D eigenvalue weighted by atomic mass is 10.1. The third-order valence-corrected chi connectivity index (χ3v) is 3.49. The highest BCUT2D eigenvalue weighted by molar-refractivity contribution is 9.10. The quantitative estimate of drug-likeness (QED) is 0.608. The molecule has 116 valence electrons. The molecule has 0 aliphatic heterocycles. The molecule has 0 saturated heterocycles. The lowest BCUT2D eigenvalue weighted by Crippen LogP contribution is -2.40. The van der Waals surface area contributed by atoms with E-state index in [1.54, 1.807) is 25.3 Å². The fraction of sp³-hybridized carbons (Fsp3) is 0.188. The van der Waals surface area contributed by atoms with Gasteiger partial charge in [-0.05, 0) is 29.8 Å². The molecule has 0 aromatic heterocycles. The van der Waals surface area contributed by atoms with Crippen LogP contribution in [0.5, 0.6) is 5.75 Å². The van der Waals surface area contributed by atoms with Crippen LogP contribution in [0.2, 0.25) is 0 Å². The molecule has 0 heterocycles. The second-order valence-electron chi connectivity index (χ2n) is 4.64. The van der Waals surface area contributed by atoms with Gasteiger partial charge in [-0.15, -0.1) is 5.48 Å². The number of para-hydroxylation sites is 1. The Morgan fingerprint density at radius 2 is 2.05 bits per heavy atom. The molecule has 5 nitrogen and oxygen atoms in total. The van der Waals surface area contributed by atoms with Crippen LogP contribution < -0.4 is 16.0 Å². The largest absolute Gasteiger partial charge is 0.496 e. The molecule has 0 spiro atoms. The number of nitrogens with two attached hydrogens (primary N) is 1. The fourth-order valence-corrected chi connectivity index (χ4v) is 2.35. The van der Waals surface area contributed by atoms with Gasteiger partial charge in [0.2, 0.25) is 0 Å². The van der Waals surface area contributed by atoms with Gasteiger partial charge in [0.1, 0.15) is 5.75 Å². The molecule has 6 heteroatoms. The first-order chi connectivity index (χ1) is 10.6. The molecule has 0 aliphatic carbocycles. The van der Waals surface area contributed by atoms with Crippen LogP contribution in [-0.2, 0) is 11.3 Å². The van der Waals surface area contributed by atoms with Crippen LogP contribution in [0.25, 0.3) is 0 Å². The lowest BCUT2D eigenvalue weighted by molar-refractivity contribution is 0.0159. The number of hydrogen-bond acceptors (Lipinski definition) is 5. The van der Waals surface area contributed by atoms with Crippen molar-refractivity contribution in [3.8, 4) is 5.75 Å². The summed E-state index contributed by atoms with van der Waals surface area (Å²) in [5.74, 6) is 0.259. The zero-order valence-electron chi connectivity index (χ0n) is 12.1. The molecule has 0 aliphatic rings. The number of benzene rings is 2. The number of rotatable bonds is 6. The molecule has 1 atom stereocenters. The number of ether oxygens (including phenoxy) is 1. The highest BCUT2D eigenvalue weighted by Gasteiger charge is 2.12. The molecule has 3 N–H and O–H groups in total. The first-order valence-electron chi connectivity index (χ1n) is 6.70. The third kappa shape index (κ3) is 4.56. The molecular weight excluding hydrogens is 348 g/mol. The second-order valence-corrected chi connectivity index (χ2v) is 5.56. The van der Waals surface area contributed by atoms with Gasteiger partial charge in [0, 0.05) is 10.9 Å². The number of carbonyl (C=O) groups excluding carboxylic acids is 1. The molecule has 1 unspecified atom stereocenters. The summed E-state index contributed by atoms with van der Waals surface area (Å²) in [7, 11) is 1.60. The zero-order chi connectivity index (χ0) is 15.9. The molecule has 0 bridgehead atoms. The van der Waals surface area contributed by atoms with E-state index in [0.29, 0.717) is 12.0 Å². The lowest BCUT2D eigenvalue weighted by Gasteiger charge is -2.15. The SMILES string of the molecule is COc1ccccc1CC(N)NOC(=O)c1cccc(Br)c1. The molecule has 0 saturated carbocycles. The monoisotopic (exact) mass is 364 g/mol. The summed E-state index contributed by atoms with van der Waals surface area (Å²) in [5.41, 5.74) is 9.86. The number of hydroxylamine groups is 1. The Hall–Kier alpha value is -1.89. The summed E-state index contributed by atoms with van der Waals surface area (Å²) >= 11 is 3.30. The van der Waals surface area contributed by atoms with Crippen LogP contribution in [0.3, 0.4) is 0 Å². The summed E-state index contributed by atoms with van der Waals surface area (Å²) in [6.07, 6.45) is -0.0668. The van der Waals surface area contributed by atoms with Gasteiger partial charge in [-0.25, -0.2) is 4.79 Å². The standard InChI is InChI=1S/C16H17BrN2O3/c1-21-14-8-3-2-5-11(14)10-15(18)19-22-16(20)12-6-4-7-13(17)9-12/h2-9,15,19H,10,18H2,1H3. The number of methoxy groups -OCH3 is 1. The summed E-state index contributed by atoms with van der Waals surface area (Å²) < 4.78 is 6.06. The normalized spacial score (nSPS) is 11.8. The number of carbonyl (C=O) groups is 1. The van der Waals surface area contributed by atoms with Gasteiger partial charge in [0.15, 0.2) is 0 Å². The van der Waals surface area contributed by atoms with Gasteiger partial charge in [-0.2, -0.15) is 0 Å². The Morgan fingerprint density at radius 1 is 1.27 bits per heavy atom. The maximum absolute atomic E-state index is 11.9. The van der Waals surface area contributed by atoms with Crippen molar-refractivity contribution in [3.05, 3.63) is 64.1 Å². The van der Waals surface area contributed by atoms with Gasteiger partial charge >= 0.3 is 5.97 Å². The Balaban J connectivity index is 1.90. The first-order valence-corrected chi connectivity index (χ1v) is 7.49. The van der Waals surface area contributed by atoms with Gasteiger partial charge in [0.25, 0.3) is 0 Å². The molecule has 2 aromatic rings. The maximum atomic E-state index is 11.9. The van der Waals surface area contributed by atoms with E-state index >= 15 is 0 Å². The van der Waals surface area contributed by atoms with Crippen molar-refractivity contribution >= 4 is 21.9 Å². The Bertz CT molecular complexity index is 649. The smallest absolute Gasteiger partial charge is 0.356 e. The van der Waals surface area contributed by atoms with E-state index in [-0.39, 0.29) is 0 Å². The fourth-order valence-electron chi connectivity index (χ4n) is 1.95. The predicted molar refractivity (Wildman–Crippen MR) is 87.4 cm³/mol. The molecule has 22 heavy (non-hydrogen) atoms. The Morgan fingerprint density at radius 3 is 2.77 bits per heavy atom. The van der Waals surface area contributed by atoms with Crippen molar-refractivity contribution in [1.29, 1.82) is 0 Å². The van der Waals surface area contributed by atoms with E-state index in [4.69, 9.17) is 15.3 Å². The summed E-state index contributed by atoms with van der Waals surface area (Å²) in [6.45, 7) is 0. The highest BCUT2D eigenvalue weighted by atomic mass is 79.9. The summed E-state index contributed by atoms with van der Waals surface area (Å²) in [6, 6.07) is 14.5. The van der Waals surface area contributed by atoms with E-state index in [0.717, 1.165) is 15.8 Å². The first kappa shape index (κ1) is 16.5. The van der Waals surface area contributed by atoms with E-state index in [2.05, 4.69) is 21.4 Å². The molecule has 2 rings (SSSR count). The van der Waals surface area contributed by atoms with E-state index in [9.17, 15) is 4.79 Å². The van der Waals surface area contributed by atoms with Crippen molar-refractivity contribution < 1.29 is 14.4 Å². The van der Waals surface area contributed by atoms with Gasteiger partial charge in [-0.1, -0.05) is 40.2 Å². The maximum Gasteiger partial charge on any atom is 0.356 e. The number of halogens is 1. The topological polar surface area (TPSA) is 73.6 Å². The Kier molecular flexibility index (Phi) is 5.94. The zero-order valence-corrected chi connectivity index (χ0v) is 13.7. The van der Waals surface area contributed by atoms with Crippen LogP contribution in [0.15, 0.2) is 53.0 Å². The Labute approximate surface area is 137 Å². The highest BCUT2D eigenvalue weighted by Crippen LogP contribution is 2.18. The summed E-state index contributed by atoms with van der Waals surface area (Å²) in [4.78, 5) is 16.9. The van der Waals surface area contributed by atoms with Crippen molar-refractivity contribution in [1.82, 2.24) is 5.48 Å². The number of hydrogen-bond donors (Lipinski definition) is 2. The number of nitrogens with one attached hydrogen (secondary N) is 1. The third-order valence-electron chi connectivity index (χ3n) is 3.00. The minimum atomic E-state index is -0.535. The minimum Gasteiger partial charge on any atom is -0.496 e. The van der Waals surface area contributed by atoms with Gasteiger partial charge < -0.3 is 15.3 Å². The van der Waals surface area contributed by atoms with Crippen LogP contribution in [0, 0.1) is 0 Å². The van der Waals surface area contributed by atoms with Crippen LogP contribution >= 0.6 is 15.9 Å². The van der Waals surface area contributed by atoms with Crippen molar-refractivity contribution in [3.63, 3.8) is 0 Å². The van der Waals surface area contributed by atoms with Crippen LogP contribution in [0.4, 0.5) is 0 Å². The van der Waals surface area contributed by atoms with Crippen LogP contribution in [0.1, 0.15) is 15.9 Å². The average molecular weight is 365 g/mol. The van der Waals surface area contributed by atoms with Crippen molar-refractivity contribution in [2.75, 3.05) is 7.11 Å². The van der Waals surface area contributed by atoms with Gasteiger partial charge in [0.05, 0.1) is 18.8 Å². The van der Waals surface area contributed by atoms with Crippen molar-refractivity contribution in [2.24, 2.45) is 5.73 Å². The van der Waals surface area contributed by atoms with E-state index < -0.39 is 12.1 Å². The predicted octanol–water partition coefficient (Wildman–Crippen LogP) is 2.65. The minimum absolute atomic E-state index is 0.436. The van der Waals surface area contributed by atoms with Gasteiger partial charge in [-0.3, -0.25) is 0 Å². The van der Waals surface area contributed by atoms with Crippen molar-refractivity contribution in [2.45, 2.75) is 12.6 Å². The molecule has 0 fully saturated rings. The second kappa shape index (κ2) is 7.93. The summed E-state index contributed by atoms with van der Waals surface area (Å²) in [5, 5.41) is 0. The molecular formula is C16H17BrN2O3. The van der Waals surface area contributed by atoms with E-state index in [1.807, 2.05) is 30.3 Å². The molecule has 2 aromatic carbocycles. The average Bonchev–Trinajstić information content (AvgIpc) is 2.53. The molecule has 0 radical (unpaired) electrons. The molecule has 0 amide bonds. The van der Waals surface area contributed by atoms with Crippen LogP contribution in [-0.4, -0.2) is 19.2 Å².